The Kier molecular flexibility index (Phi) is 5.29. The number of hydrogen-bond donors (Lipinski definition) is 2. The van der Waals surface area contributed by atoms with Gasteiger partial charge in [-0.3, -0.25) is 4.79 Å². The van der Waals surface area contributed by atoms with Gasteiger partial charge in [-0.1, -0.05) is 24.3 Å². The van der Waals surface area contributed by atoms with E-state index in [1.807, 2.05) is 48.5 Å². The maximum atomic E-state index is 12.5. The topological polar surface area (TPSA) is 76.4 Å². The molecule has 142 valence electrons. The second-order valence-electron chi connectivity index (χ2n) is 7.01. The van der Waals surface area contributed by atoms with Gasteiger partial charge in [-0.15, -0.1) is 11.3 Å². The van der Waals surface area contributed by atoms with Crippen LogP contribution < -0.4 is 10.2 Å². The summed E-state index contributed by atoms with van der Waals surface area (Å²) in [6.45, 7) is 1.87. The smallest absolute Gasteiger partial charge is 0.261 e. The summed E-state index contributed by atoms with van der Waals surface area (Å²) in [5.41, 5.74) is 2.39. The van der Waals surface area contributed by atoms with Crippen LogP contribution in [0, 0.1) is 11.3 Å². The van der Waals surface area contributed by atoms with Gasteiger partial charge < -0.3 is 15.3 Å². The Morgan fingerprint density at radius 3 is 2.75 bits per heavy atom. The first-order chi connectivity index (χ1) is 13.6. The van der Waals surface area contributed by atoms with E-state index >= 15 is 0 Å². The van der Waals surface area contributed by atoms with Crippen LogP contribution in [0.15, 0.2) is 48.5 Å². The third kappa shape index (κ3) is 3.86. The number of hydrogen-bond acceptors (Lipinski definition) is 5. The lowest BCUT2D eigenvalue weighted by Crippen LogP contribution is -2.36. The average molecular weight is 391 g/mol. The molecule has 4 rings (SSSR count). The van der Waals surface area contributed by atoms with Gasteiger partial charge in [0, 0.05) is 24.3 Å². The Balaban J connectivity index is 1.44. The van der Waals surface area contributed by atoms with E-state index in [0.717, 1.165) is 47.3 Å². The lowest BCUT2D eigenvalue weighted by atomic mass is 10.0. The molecule has 0 bridgehead atoms. The molecule has 1 saturated heterocycles. The molecular formula is C22H21N3O2S. The first kappa shape index (κ1) is 18.5. The van der Waals surface area contributed by atoms with Gasteiger partial charge in [0.2, 0.25) is 0 Å². The molecule has 0 unspecified atom stereocenters. The van der Waals surface area contributed by atoms with Crippen molar-refractivity contribution in [1.29, 1.82) is 5.26 Å². The molecule has 2 heterocycles. The van der Waals surface area contributed by atoms with E-state index in [0.29, 0.717) is 17.0 Å². The van der Waals surface area contributed by atoms with Crippen molar-refractivity contribution in [3.05, 3.63) is 64.5 Å². The van der Waals surface area contributed by atoms with Crippen molar-refractivity contribution in [3.8, 4) is 6.07 Å². The molecule has 2 N–H and O–H groups in total. The summed E-state index contributed by atoms with van der Waals surface area (Å²) in [4.78, 5) is 15.3. The Bertz CT molecular complexity index is 1010. The Morgan fingerprint density at radius 1 is 1.21 bits per heavy atom. The number of piperidine rings is 1. The zero-order valence-electron chi connectivity index (χ0n) is 15.4. The van der Waals surface area contributed by atoms with Crippen molar-refractivity contribution in [3.63, 3.8) is 0 Å². The van der Waals surface area contributed by atoms with Crippen molar-refractivity contribution >= 4 is 33.0 Å². The molecule has 0 spiro atoms. The molecule has 0 aliphatic carbocycles. The molecule has 2 aromatic carbocycles. The number of thiophene rings is 1. The van der Waals surface area contributed by atoms with E-state index in [1.165, 1.54) is 11.3 Å². The number of fused-ring (bicyclic) bond motifs is 1. The molecular weight excluding hydrogens is 370 g/mol. The summed E-state index contributed by atoms with van der Waals surface area (Å²) in [6.07, 6.45) is 1.19. The van der Waals surface area contributed by atoms with Gasteiger partial charge in [-0.25, -0.2) is 0 Å². The zero-order valence-corrected chi connectivity index (χ0v) is 16.2. The summed E-state index contributed by atoms with van der Waals surface area (Å²) in [5.74, 6) is -0.103. The highest BCUT2D eigenvalue weighted by atomic mass is 32.1. The summed E-state index contributed by atoms with van der Waals surface area (Å²) in [6, 6.07) is 17.8. The number of nitrogens with one attached hydrogen (secondary N) is 1. The number of nitrogens with zero attached hydrogens (tertiary/aromatic N) is 2. The normalized spacial score (nSPS) is 14.8. The minimum Gasteiger partial charge on any atom is -0.393 e. The van der Waals surface area contributed by atoms with Crippen LogP contribution in [0.3, 0.4) is 0 Å². The lowest BCUT2D eigenvalue weighted by molar-refractivity contribution is 0.0955. The number of aliphatic hydroxyl groups is 1. The highest BCUT2D eigenvalue weighted by Crippen LogP contribution is 2.26. The van der Waals surface area contributed by atoms with Crippen molar-refractivity contribution in [1.82, 2.24) is 5.32 Å². The van der Waals surface area contributed by atoms with E-state index in [1.54, 1.807) is 0 Å². The monoisotopic (exact) mass is 391 g/mol. The fourth-order valence-electron chi connectivity index (χ4n) is 3.53. The van der Waals surface area contributed by atoms with Crippen LogP contribution in [0.25, 0.3) is 10.1 Å². The number of nitriles is 1. The quantitative estimate of drug-likeness (QED) is 0.712. The van der Waals surface area contributed by atoms with Gasteiger partial charge in [-0.2, -0.15) is 5.26 Å². The Hall–Kier alpha value is -2.88. The standard InChI is InChI=1S/C22H21N3O2S/c23-13-17-11-15(5-6-19(17)25-9-7-18(26)8-10-25)14-24-22(27)21-12-16-3-1-2-4-20(16)28-21/h1-6,11-12,18,26H,7-10,14H2,(H,24,27). The molecule has 1 aliphatic heterocycles. The summed E-state index contributed by atoms with van der Waals surface area (Å²) in [7, 11) is 0. The third-order valence-corrected chi connectivity index (χ3v) is 6.20. The fraction of sp³-hybridized carbons (Fsp3) is 0.273. The molecule has 6 heteroatoms. The van der Waals surface area contributed by atoms with Gasteiger partial charge in [0.15, 0.2) is 0 Å². The molecule has 5 nitrogen and oxygen atoms in total. The van der Waals surface area contributed by atoms with Crippen molar-refractivity contribution in [2.75, 3.05) is 18.0 Å². The van der Waals surface area contributed by atoms with Gasteiger partial charge in [-0.05, 0) is 48.1 Å². The molecule has 1 aliphatic rings. The number of amides is 1. The van der Waals surface area contributed by atoms with Crippen LogP contribution in [-0.2, 0) is 6.54 Å². The SMILES string of the molecule is N#Cc1cc(CNC(=O)c2cc3ccccc3s2)ccc1N1CCC(O)CC1. The molecule has 3 aromatic rings. The zero-order chi connectivity index (χ0) is 19.5. The van der Waals surface area contributed by atoms with Crippen LogP contribution >= 0.6 is 11.3 Å². The predicted molar refractivity (Wildman–Crippen MR) is 112 cm³/mol. The largest absolute Gasteiger partial charge is 0.393 e. The summed E-state index contributed by atoms with van der Waals surface area (Å²) >= 11 is 1.48. The fourth-order valence-corrected chi connectivity index (χ4v) is 4.51. The van der Waals surface area contributed by atoms with Crippen LogP contribution in [0.4, 0.5) is 5.69 Å². The Labute approximate surface area is 167 Å². The van der Waals surface area contributed by atoms with Crippen molar-refractivity contribution in [2.45, 2.75) is 25.5 Å². The van der Waals surface area contributed by atoms with E-state index in [4.69, 9.17) is 0 Å². The minimum atomic E-state index is -0.245. The molecule has 1 amide bonds. The molecule has 28 heavy (non-hydrogen) atoms. The van der Waals surface area contributed by atoms with E-state index < -0.39 is 0 Å². The number of anilines is 1. The van der Waals surface area contributed by atoms with Gasteiger partial charge in [0.1, 0.15) is 6.07 Å². The maximum Gasteiger partial charge on any atom is 0.261 e. The van der Waals surface area contributed by atoms with Gasteiger partial charge in [0.25, 0.3) is 5.91 Å². The summed E-state index contributed by atoms with van der Waals surface area (Å²) in [5, 5.41) is 23.2. The predicted octanol–water partition coefficient (Wildman–Crippen LogP) is 3.66. The average Bonchev–Trinajstić information content (AvgIpc) is 3.17. The number of carbonyl (C=O) groups is 1. The van der Waals surface area contributed by atoms with Crippen LogP contribution in [0.2, 0.25) is 0 Å². The maximum absolute atomic E-state index is 12.5. The highest BCUT2D eigenvalue weighted by molar-refractivity contribution is 7.20. The molecule has 0 radical (unpaired) electrons. The minimum absolute atomic E-state index is 0.103. The van der Waals surface area contributed by atoms with Crippen LogP contribution in [0.5, 0.6) is 0 Å². The first-order valence-electron chi connectivity index (χ1n) is 9.37. The van der Waals surface area contributed by atoms with Crippen molar-refractivity contribution < 1.29 is 9.90 Å². The number of benzene rings is 2. The lowest BCUT2D eigenvalue weighted by Gasteiger charge is -2.32. The second-order valence-corrected chi connectivity index (χ2v) is 8.10. The van der Waals surface area contributed by atoms with Gasteiger partial charge >= 0.3 is 0 Å². The first-order valence-corrected chi connectivity index (χ1v) is 10.2. The van der Waals surface area contributed by atoms with Gasteiger partial charge in [0.05, 0.1) is 22.2 Å². The van der Waals surface area contributed by atoms with E-state index in [9.17, 15) is 15.2 Å². The molecule has 1 fully saturated rings. The number of aliphatic hydroxyl groups excluding tert-OH is 1. The summed E-state index contributed by atoms with van der Waals surface area (Å²) < 4.78 is 1.09. The number of rotatable bonds is 4. The molecule has 0 atom stereocenters. The Morgan fingerprint density at radius 2 is 2.00 bits per heavy atom. The number of carbonyl (C=O) groups excluding carboxylic acids is 1. The van der Waals surface area contributed by atoms with Crippen molar-refractivity contribution in [2.24, 2.45) is 0 Å². The van der Waals surface area contributed by atoms with Crippen LogP contribution in [-0.4, -0.2) is 30.2 Å². The van der Waals surface area contributed by atoms with E-state index in [-0.39, 0.29) is 12.0 Å². The highest BCUT2D eigenvalue weighted by Gasteiger charge is 2.19. The molecule has 0 saturated carbocycles. The third-order valence-electron chi connectivity index (χ3n) is 5.09. The second kappa shape index (κ2) is 8.01. The molecule has 1 aromatic heterocycles. The van der Waals surface area contributed by atoms with Crippen LogP contribution in [0.1, 0.15) is 33.6 Å². The van der Waals surface area contributed by atoms with E-state index in [2.05, 4.69) is 16.3 Å².